The first kappa shape index (κ1) is 13.1. The van der Waals surface area contributed by atoms with Crippen molar-refractivity contribution in [2.45, 2.75) is 26.3 Å². The largest absolute Gasteiger partial charge is 0.478 e. The highest BCUT2D eigenvalue weighted by atomic mass is 16.4. The molecule has 6 nitrogen and oxygen atoms in total. The van der Waals surface area contributed by atoms with Gasteiger partial charge >= 0.3 is 5.97 Å². The second kappa shape index (κ2) is 4.38. The number of rotatable bonds is 2. The fourth-order valence-corrected chi connectivity index (χ4v) is 1.72. The number of aromatic nitrogens is 3. The van der Waals surface area contributed by atoms with Crippen molar-refractivity contribution in [2.75, 3.05) is 0 Å². The zero-order chi connectivity index (χ0) is 14.2. The van der Waals surface area contributed by atoms with E-state index in [0.29, 0.717) is 11.1 Å². The van der Waals surface area contributed by atoms with E-state index in [9.17, 15) is 9.59 Å². The summed E-state index contributed by atoms with van der Waals surface area (Å²) in [5, 5.41) is 13.4. The molecular formula is C13H15N3O3. The van der Waals surface area contributed by atoms with Crippen LogP contribution in [0.3, 0.4) is 0 Å². The van der Waals surface area contributed by atoms with E-state index in [2.05, 4.69) is 10.1 Å². The van der Waals surface area contributed by atoms with Crippen molar-refractivity contribution in [3.63, 3.8) is 0 Å². The third-order valence-corrected chi connectivity index (χ3v) is 2.74. The number of nitrogens with one attached hydrogen (secondary N) is 1. The van der Waals surface area contributed by atoms with Gasteiger partial charge in [-0.25, -0.2) is 4.79 Å². The molecule has 0 amide bonds. The van der Waals surface area contributed by atoms with Gasteiger partial charge in [-0.2, -0.15) is 5.10 Å². The zero-order valence-corrected chi connectivity index (χ0v) is 11.0. The molecule has 0 aliphatic rings. The number of carboxylic acids is 1. The maximum Gasteiger partial charge on any atom is 0.336 e. The van der Waals surface area contributed by atoms with Gasteiger partial charge in [0.2, 0.25) is 5.56 Å². The van der Waals surface area contributed by atoms with Crippen LogP contribution in [0.1, 0.15) is 31.1 Å². The minimum Gasteiger partial charge on any atom is -0.478 e. The third kappa shape index (κ3) is 2.57. The summed E-state index contributed by atoms with van der Waals surface area (Å²) in [4.78, 5) is 24.9. The predicted octanol–water partition coefficient (Wildman–Crippen LogP) is 1.69. The summed E-state index contributed by atoms with van der Waals surface area (Å²) >= 11 is 0. The predicted molar refractivity (Wildman–Crippen MR) is 70.2 cm³/mol. The van der Waals surface area contributed by atoms with Crippen LogP contribution >= 0.6 is 0 Å². The van der Waals surface area contributed by atoms with Gasteiger partial charge in [-0.1, -0.05) is 0 Å². The number of H-pyrrole nitrogens is 1. The number of nitrogens with zero attached hydrogens (tertiary/aromatic N) is 2. The molecule has 19 heavy (non-hydrogen) atoms. The number of aromatic amines is 1. The summed E-state index contributed by atoms with van der Waals surface area (Å²) in [6.07, 6.45) is 4.75. The van der Waals surface area contributed by atoms with Crippen LogP contribution in [0.15, 0.2) is 29.5 Å². The van der Waals surface area contributed by atoms with Crippen LogP contribution in [-0.2, 0) is 5.54 Å². The maximum absolute atomic E-state index is 11.2. The minimum absolute atomic E-state index is 0.0304. The molecule has 0 radical (unpaired) electrons. The Balaban J connectivity index is 2.56. The second-order valence-electron chi connectivity index (χ2n) is 5.27. The highest BCUT2D eigenvalue weighted by molar-refractivity contribution is 5.95. The van der Waals surface area contributed by atoms with Crippen molar-refractivity contribution >= 4 is 5.97 Å². The molecule has 0 bridgehead atoms. The molecule has 0 aliphatic carbocycles. The monoisotopic (exact) mass is 261 g/mol. The molecule has 0 atom stereocenters. The van der Waals surface area contributed by atoms with Crippen LogP contribution in [0.4, 0.5) is 0 Å². The molecule has 2 N–H and O–H groups in total. The number of carbonyl (C=O) groups is 1. The lowest BCUT2D eigenvalue weighted by atomic mass is 10.1. The molecule has 2 rings (SSSR count). The molecule has 0 fully saturated rings. The lowest BCUT2D eigenvalue weighted by Crippen LogP contribution is -2.21. The van der Waals surface area contributed by atoms with E-state index in [4.69, 9.17) is 5.11 Å². The number of pyridine rings is 1. The average molecular weight is 261 g/mol. The number of hydrogen-bond donors (Lipinski definition) is 2. The Hall–Kier alpha value is -2.37. The lowest BCUT2D eigenvalue weighted by molar-refractivity contribution is 0.0697. The summed E-state index contributed by atoms with van der Waals surface area (Å²) in [6, 6.07) is 1.08. The van der Waals surface area contributed by atoms with Crippen LogP contribution in [0, 0.1) is 0 Å². The second-order valence-corrected chi connectivity index (χ2v) is 5.27. The molecule has 100 valence electrons. The summed E-state index contributed by atoms with van der Waals surface area (Å²) < 4.78 is 1.75. The quantitative estimate of drug-likeness (QED) is 0.861. The Bertz CT molecular complexity index is 677. The average Bonchev–Trinajstić information content (AvgIpc) is 2.77. The Morgan fingerprint density at radius 1 is 1.42 bits per heavy atom. The van der Waals surface area contributed by atoms with Crippen LogP contribution in [0.2, 0.25) is 0 Å². The first-order chi connectivity index (χ1) is 8.79. The SMILES string of the molecule is CC(C)(C)n1cc(-c2c[nH]c(=O)cc2C(=O)O)cn1. The molecule has 2 heterocycles. The fraction of sp³-hybridized carbons (Fsp3) is 0.308. The van der Waals surface area contributed by atoms with Crippen LogP contribution in [-0.4, -0.2) is 25.8 Å². The minimum atomic E-state index is -1.13. The Labute approximate surface area is 109 Å². The van der Waals surface area contributed by atoms with E-state index < -0.39 is 11.5 Å². The topological polar surface area (TPSA) is 88.0 Å². The molecule has 0 aromatic carbocycles. The number of hydrogen-bond acceptors (Lipinski definition) is 3. The van der Waals surface area contributed by atoms with Gasteiger partial charge in [0.15, 0.2) is 0 Å². The summed E-state index contributed by atoms with van der Waals surface area (Å²) in [5.74, 6) is -1.13. The first-order valence-corrected chi connectivity index (χ1v) is 5.80. The number of aromatic carboxylic acids is 1. The van der Waals surface area contributed by atoms with Gasteiger partial charge in [-0.3, -0.25) is 9.48 Å². The van der Waals surface area contributed by atoms with Gasteiger partial charge in [0.05, 0.1) is 17.3 Å². The van der Waals surface area contributed by atoms with Crippen molar-refractivity contribution in [3.05, 3.63) is 40.6 Å². The van der Waals surface area contributed by atoms with Gasteiger partial charge in [0, 0.05) is 29.6 Å². The van der Waals surface area contributed by atoms with Gasteiger partial charge in [-0.15, -0.1) is 0 Å². The Kier molecular flexibility index (Phi) is 3.01. The van der Waals surface area contributed by atoms with Crippen molar-refractivity contribution in [1.29, 1.82) is 0 Å². The molecule has 0 spiro atoms. The number of carboxylic acid groups (broad SMARTS) is 1. The molecule has 0 unspecified atom stereocenters. The molecule has 0 aliphatic heterocycles. The molecule has 6 heteroatoms. The molecular weight excluding hydrogens is 246 g/mol. The Morgan fingerprint density at radius 3 is 2.63 bits per heavy atom. The summed E-state index contributed by atoms with van der Waals surface area (Å²) in [7, 11) is 0. The van der Waals surface area contributed by atoms with Crippen LogP contribution in [0.25, 0.3) is 11.1 Å². The summed E-state index contributed by atoms with van der Waals surface area (Å²) in [5.41, 5.74) is 0.442. The van der Waals surface area contributed by atoms with E-state index in [0.717, 1.165) is 6.07 Å². The lowest BCUT2D eigenvalue weighted by Gasteiger charge is -2.18. The molecule has 0 saturated carbocycles. The van der Waals surface area contributed by atoms with Crippen molar-refractivity contribution < 1.29 is 9.90 Å². The van der Waals surface area contributed by atoms with E-state index >= 15 is 0 Å². The van der Waals surface area contributed by atoms with E-state index in [1.54, 1.807) is 17.1 Å². The van der Waals surface area contributed by atoms with E-state index in [1.165, 1.54) is 6.20 Å². The molecule has 2 aromatic heterocycles. The van der Waals surface area contributed by atoms with Gasteiger partial charge < -0.3 is 10.1 Å². The van der Waals surface area contributed by atoms with Crippen LogP contribution in [0.5, 0.6) is 0 Å². The van der Waals surface area contributed by atoms with Gasteiger partial charge in [-0.05, 0) is 20.8 Å². The highest BCUT2D eigenvalue weighted by Crippen LogP contribution is 2.23. The zero-order valence-electron chi connectivity index (χ0n) is 11.0. The standard InChI is InChI=1S/C13H15N3O3/c1-13(2,3)16-7-8(5-15-16)10-6-14-11(17)4-9(10)12(18)19/h4-7H,1-3H3,(H,14,17)(H,18,19). The molecule has 2 aromatic rings. The molecule has 0 saturated heterocycles. The van der Waals surface area contributed by atoms with E-state index in [-0.39, 0.29) is 11.1 Å². The van der Waals surface area contributed by atoms with Crippen molar-refractivity contribution in [1.82, 2.24) is 14.8 Å². The normalized spacial score (nSPS) is 11.5. The first-order valence-electron chi connectivity index (χ1n) is 5.80. The smallest absolute Gasteiger partial charge is 0.336 e. The fourth-order valence-electron chi connectivity index (χ4n) is 1.72. The van der Waals surface area contributed by atoms with Crippen molar-refractivity contribution in [3.8, 4) is 11.1 Å². The van der Waals surface area contributed by atoms with Crippen molar-refractivity contribution in [2.24, 2.45) is 0 Å². The Morgan fingerprint density at radius 2 is 2.11 bits per heavy atom. The third-order valence-electron chi connectivity index (χ3n) is 2.74. The highest BCUT2D eigenvalue weighted by Gasteiger charge is 2.18. The van der Waals surface area contributed by atoms with Crippen LogP contribution < -0.4 is 5.56 Å². The van der Waals surface area contributed by atoms with Gasteiger partial charge in [0.25, 0.3) is 0 Å². The maximum atomic E-state index is 11.2. The van der Waals surface area contributed by atoms with Gasteiger partial charge in [0.1, 0.15) is 0 Å². The summed E-state index contributed by atoms with van der Waals surface area (Å²) in [6.45, 7) is 5.98. The van der Waals surface area contributed by atoms with E-state index in [1.807, 2.05) is 20.8 Å².